The fourth-order valence-electron chi connectivity index (χ4n) is 2.89. The van der Waals surface area contributed by atoms with Gasteiger partial charge >= 0.3 is 0 Å². The number of carbonyl (C=O) groups excluding carboxylic acids is 1. The summed E-state index contributed by atoms with van der Waals surface area (Å²) in [4.78, 5) is 12.5. The van der Waals surface area contributed by atoms with Crippen LogP contribution in [0, 0.1) is 0 Å². The van der Waals surface area contributed by atoms with Gasteiger partial charge in [-0.1, -0.05) is 50.6 Å². The summed E-state index contributed by atoms with van der Waals surface area (Å²) >= 11 is 0. The van der Waals surface area contributed by atoms with Gasteiger partial charge in [0.25, 0.3) is 5.91 Å². The van der Waals surface area contributed by atoms with Crippen LogP contribution in [-0.2, 0) is 16.6 Å². The van der Waals surface area contributed by atoms with E-state index in [2.05, 4.69) is 12.2 Å². The maximum absolute atomic E-state index is 12.8. The molecule has 0 radical (unpaired) electrons. The molecule has 0 aromatic heterocycles. The largest absolute Gasteiger partial charge is 0.350 e. The molecule has 2 rings (SSSR count). The van der Waals surface area contributed by atoms with Crippen LogP contribution >= 0.6 is 0 Å². The first-order valence-electron chi connectivity index (χ1n) is 9.33. The van der Waals surface area contributed by atoms with Crippen LogP contribution in [0.15, 0.2) is 59.5 Å². The highest BCUT2D eigenvalue weighted by Crippen LogP contribution is 2.18. The highest BCUT2D eigenvalue weighted by molar-refractivity contribution is 7.89. The Morgan fingerprint density at radius 2 is 1.67 bits per heavy atom. The summed E-state index contributed by atoms with van der Waals surface area (Å²) in [5, 5.41) is 2.97. The molecule has 0 fully saturated rings. The molecule has 0 unspecified atom stereocenters. The molecule has 1 atom stereocenters. The number of benzene rings is 2. The molecule has 0 aliphatic rings. The Balaban J connectivity index is 2.09. The van der Waals surface area contributed by atoms with Gasteiger partial charge in [0.15, 0.2) is 0 Å². The summed E-state index contributed by atoms with van der Waals surface area (Å²) in [6.45, 7) is 6.52. The Morgan fingerprint density at radius 3 is 2.22 bits per heavy atom. The van der Waals surface area contributed by atoms with Crippen molar-refractivity contribution in [3.63, 3.8) is 0 Å². The molecule has 27 heavy (non-hydrogen) atoms. The van der Waals surface area contributed by atoms with E-state index in [1.54, 1.807) is 42.5 Å². The molecule has 1 N–H and O–H groups in total. The van der Waals surface area contributed by atoms with E-state index in [9.17, 15) is 13.2 Å². The standard InChI is InChI=1S/C21H28N2O3S/c1-4-9-17(3)22-21(24)19-14-12-18(13-15-19)16-23(5-2)27(25,26)20-10-7-6-8-11-20/h6-8,10-15,17H,4-5,9,16H2,1-3H3,(H,22,24)/t17-/m0/s1. The quantitative estimate of drug-likeness (QED) is 0.710. The summed E-state index contributed by atoms with van der Waals surface area (Å²) in [6.07, 6.45) is 1.95. The molecule has 146 valence electrons. The van der Waals surface area contributed by atoms with Gasteiger partial charge in [0, 0.05) is 24.7 Å². The van der Waals surface area contributed by atoms with Crippen molar-refractivity contribution in [2.45, 2.75) is 51.1 Å². The van der Waals surface area contributed by atoms with Crippen LogP contribution in [0.4, 0.5) is 0 Å². The second kappa shape index (κ2) is 9.67. The smallest absolute Gasteiger partial charge is 0.251 e. The lowest BCUT2D eigenvalue weighted by Gasteiger charge is -2.21. The lowest BCUT2D eigenvalue weighted by Crippen LogP contribution is -2.32. The summed E-state index contributed by atoms with van der Waals surface area (Å²) in [7, 11) is -3.54. The van der Waals surface area contributed by atoms with E-state index in [1.165, 1.54) is 4.31 Å². The van der Waals surface area contributed by atoms with E-state index < -0.39 is 10.0 Å². The highest BCUT2D eigenvalue weighted by atomic mass is 32.2. The topological polar surface area (TPSA) is 66.5 Å². The van der Waals surface area contributed by atoms with Gasteiger partial charge in [0.05, 0.1) is 4.90 Å². The van der Waals surface area contributed by atoms with Crippen LogP contribution in [0.1, 0.15) is 49.5 Å². The van der Waals surface area contributed by atoms with Gasteiger partial charge in [0.2, 0.25) is 10.0 Å². The Kier molecular flexibility index (Phi) is 7.56. The third kappa shape index (κ3) is 5.65. The lowest BCUT2D eigenvalue weighted by molar-refractivity contribution is 0.0938. The molecular formula is C21H28N2O3S. The van der Waals surface area contributed by atoms with E-state index in [4.69, 9.17) is 0 Å². The molecule has 5 nitrogen and oxygen atoms in total. The molecule has 0 heterocycles. The summed E-state index contributed by atoms with van der Waals surface area (Å²) in [6, 6.07) is 15.7. The Bertz CT molecular complexity index is 833. The Hall–Kier alpha value is -2.18. The van der Waals surface area contributed by atoms with Gasteiger partial charge in [-0.3, -0.25) is 4.79 Å². The van der Waals surface area contributed by atoms with Crippen LogP contribution in [0.25, 0.3) is 0 Å². The lowest BCUT2D eigenvalue weighted by atomic mass is 10.1. The first kappa shape index (κ1) is 21.1. The fourth-order valence-corrected chi connectivity index (χ4v) is 4.34. The molecule has 0 saturated heterocycles. The van der Waals surface area contributed by atoms with E-state index in [0.29, 0.717) is 12.1 Å². The minimum Gasteiger partial charge on any atom is -0.350 e. The second-order valence-corrected chi connectivity index (χ2v) is 8.54. The van der Waals surface area contributed by atoms with Gasteiger partial charge in [-0.05, 0) is 43.2 Å². The number of nitrogens with zero attached hydrogens (tertiary/aromatic N) is 1. The predicted molar refractivity (Wildman–Crippen MR) is 108 cm³/mol. The monoisotopic (exact) mass is 388 g/mol. The summed E-state index contributed by atoms with van der Waals surface area (Å²) in [5.41, 5.74) is 1.42. The van der Waals surface area contributed by atoms with Gasteiger partial charge in [-0.2, -0.15) is 4.31 Å². The van der Waals surface area contributed by atoms with Crippen LogP contribution in [0.2, 0.25) is 0 Å². The minimum atomic E-state index is -3.54. The van der Waals surface area contributed by atoms with E-state index >= 15 is 0 Å². The van der Waals surface area contributed by atoms with Crippen molar-refractivity contribution >= 4 is 15.9 Å². The molecule has 2 aromatic rings. The molecule has 1 amide bonds. The normalized spacial score (nSPS) is 12.7. The Labute approximate surface area is 162 Å². The zero-order chi connectivity index (χ0) is 19.9. The van der Waals surface area contributed by atoms with Crippen molar-refractivity contribution in [3.8, 4) is 0 Å². The average Bonchev–Trinajstić information content (AvgIpc) is 2.67. The first-order valence-corrected chi connectivity index (χ1v) is 10.8. The number of hydrogen-bond acceptors (Lipinski definition) is 3. The van der Waals surface area contributed by atoms with Crippen LogP contribution in [-0.4, -0.2) is 31.2 Å². The van der Waals surface area contributed by atoms with Crippen molar-refractivity contribution in [3.05, 3.63) is 65.7 Å². The van der Waals surface area contributed by atoms with Gasteiger partial charge in [-0.25, -0.2) is 8.42 Å². The zero-order valence-corrected chi connectivity index (χ0v) is 17.0. The maximum atomic E-state index is 12.8. The maximum Gasteiger partial charge on any atom is 0.251 e. The van der Waals surface area contributed by atoms with Gasteiger partial charge in [-0.15, -0.1) is 0 Å². The highest BCUT2D eigenvalue weighted by Gasteiger charge is 2.23. The number of nitrogens with one attached hydrogen (secondary N) is 1. The molecule has 6 heteroatoms. The number of amides is 1. The first-order chi connectivity index (χ1) is 12.9. The molecule has 2 aromatic carbocycles. The predicted octanol–water partition coefficient (Wildman–Crippen LogP) is 3.82. The number of hydrogen-bond donors (Lipinski definition) is 1. The molecule has 0 aliphatic carbocycles. The van der Waals surface area contributed by atoms with Crippen LogP contribution in [0.5, 0.6) is 0 Å². The number of carbonyl (C=O) groups is 1. The van der Waals surface area contributed by atoms with Crippen LogP contribution < -0.4 is 5.32 Å². The molecular weight excluding hydrogens is 360 g/mol. The van der Waals surface area contributed by atoms with E-state index in [0.717, 1.165) is 18.4 Å². The van der Waals surface area contributed by atoms with Crippen molar-refractivity contribution < 1.29 is 13.2 Å². The summed E-state index contributed by atoms with van der Waals surface area (Å²) in [5.74, 6) is -0.105. The Morgan fingerprint density at radius 1 is 1.04 bits per heavy atom. The van der Waals surface area contributed by atoms with Crippen LogP contribution in [0.3, 0.4) is 0 Å². The SMILES string of the molecule is CCC[C@H](C)NC(=O)c1ccc(CN(CC)S(=O)(=O)c2ccccc2)cc1. The third-order valence-corrected chi connectivity index (χ3v) is 6.34. The van der Waals surface area contributed by atoms with Gasteiger partial charge in [0.1, 0.15) is 0 Å². The molecule has 0 aliphatic heterocycles. The number of rotatable bonds is 9. The fraction of sp³-hybridized carbons (Fsp3) is 0.381. The third-order valence-electron chi connectivity index (χ3n) is 4.41. The molecule has 0 spiro atoms. The van der Waals surface area contributed by atoms with Crippen molar-refractivity contribution in [2.24, 2.45) is 0 Å². The van der Waals surface area contributed by atoms with E-state index in [1.807, 2.05) is 26.0 Å². The van der Waals surface area contributed by atoms with E-state index in [-0.39, 0.29) is 23.4 Å². The van der Waals surface area contributed by atoms with Crippen molar-refractivity contribution in [2.75, 3.05) is 6.54 Å². The summed E-state index contributed by atoms with van der Waals surface area (Å²) < 4.78 is 27.0. The van der Waals surface area contributed by atoms with Crippen molar-refractivity contribution in [1.29, 1.82) is 0 Å². The zero-order valence-electron chi connectivity index (χ0n) is 16.2. The number of sulfonamides is 1. The van der Waals surface area contributed by atoms with Crippen molar-refractivity contribution in [1.82, 2.24) is 9.62 Å². The molecule has 0 bridgehead atoms. The second-order valence-electron chi connectivity index (χ2n) is 6.60. The van der Waals surface area contributed by atoms with Gasteiger partial charge < -0.3 is 5.32 Å². The average molecular weight is 389 g/mol. The molecule has 0 saturated carbocycles. The minimum absolute atomic E-state index is 0.105.